The highest BCUT2D eigenvalue weighted by atomic mass is 16.5. The van der Waals surface area contributed by atoms with Crippen LogP contribution in [0.25, 0.3) is 11.0 Å². The Kier molecular flexibility index (Phi) is 6.44. The molecular formula is C22H21N3O6. The fourth-order valence-electron chi connectivity index (χ4n) is 2.99. The first-order chi connectivity index (χ1) is 14.9. The molecule has 9 nitrogen and oxygen atoms in total. The molecule has 0 saturated carbocycles. The average Bonchev–Trinajstić information content (AvgIpc) is 2.78. The molecule has 0 atom stereocenters. The van der Waals surface area contributed by atoms with Gasteiger partial charge in [0.05, 0.1) is 43.3 Å². The molecule has 3 aromatic rings. The summed E-state index contributed by atoms with van der Waals surface area (Å²) in [5.41, 5.74) is 2.26. The van der Waals surface area contributed by atoms with Crippen LogP contribution in [0.4, 0.5) is 11.4 Å². The monoisotopic (exact) mass is 423 g/mol. The molecule has 0 radical (unpaired) electrons. The van der Waals surface area contributed by atoms with Crippen molar-refractivity contribution in [3.8, 4) is 0 Å². The molecule has 0 unspecified atom stereocenters. The predicted molar refractivity (Wildman–Crippen MR) is 113 cm³/mol. The number of rotatable bonds is 6. The smallest absolute Gasteiger partial charge is 0.341 e. The van der Waals surface area contributed by atoms with E-state index in [0.29, 0.717) is 16.7 Å². The van der Waals surface area contributed by atoms with E-state index in [1.54, 1.807) is 19.1 Å². The van der Waals surface area contributed by atoms with Crippen molar-refractivity contribution >= 4 is 40.3 Å². The van der Waals surface area contributed by atoms with Crippen LogP contribution in [0.15, 0.2) is 36.5 Å². The van der Waals surface area contributed by atoms with E-state index in [4.69, 9.17) is 14.2 Å². The topological polar surface area (TPSA) is 117 Å². The third-order valence-electron chi connectivity index (χ3n) is 4.47. The minimum atomic E-state index is -0.621. The highest BCUT2D eigenvalue weighted by Crippen LogP contribution is 2.31. The minimum absolute atomic E-state index is 0.152. The number of esters is 3. The number of hydrogen-bond acceptors (Lipinski definition) is 9. The summed E-state index contributed by atoms with van der Waals surface area (Å²) in [5, 5.41) is 3.63. The molecule has 2 aromatic heterocycles. The van der Waals surface area contributed by atoms with Crippen LogP contribution in [0.3, 0.4) is 0 Å². The SMILES string of the molecule is CCOC(=O)c1cnc2nc(C)ccc2c1Nc1cc(C(=O)OC)ccc1C(=O)OC. The molecule has 0 saturated heterocycles. The maximum atomic E-state index is 12.6. The van der Waals surface area contributed by atoms with Crippen LogP contribution in [0, 0.1) is 6.92 Å². The molecule has 9 heteroatoms. The zero-order valence-corrected chi connectivity index (χ0v) is 17.5. The van der Waals surface area contributed by atoms with E-state index < -0.39 is 17.9 Å². The second kappa shape index (κ2) is 9.21. The zero-order valence-electron chi connectivity index (χ0n) is 17.5. The normalized spacial score (nSPS) is 10.5. The summed E-state index contributed by atoms with van der Waals surface area (Å²) in [5.74, 6) is -1.80. The van der Waals surface area contributed by atoms with Crippen LogP contribution in [0.2, 0.25) is 0 Å². The maximum Gasteiger partial charge on any atom is 0.341 e. The third kappa shape index (κ3) is 4.45. The van der Waals surface area contributed by atoms with E-state index in [1.165, 1.54) is 38.6 Å². The highest BCUT2D eigenvalue weighted by molar-refractivity contribution is 6.07. The van der Waals surface area contributed by atoms with Gasteiger partial charge in [-0.1, -0.05) is 0 Å². The van der Waals surface area contributed by atoms with E-state index in [2.05, 4.69) is 15.3 Å². The number of pyridine rings is 2. The molecule has 0 aliphatic carbocycles. The van der Waals surface area contributed by atoms with E-state index in [1.807, 2.05) is 6.92 Å². The van der Waals surface area contributed by atoms with E-state index in [0.717, 1.165) is 5.69 Å². The molecule has 0 spiro atoms. The van der Waals surface area contributed by atoms with Gasteiger partial charge >= 0.3 is 17.9 Å². The van der Waals surface area contributed by atoms with Crippen LogP contribution in [-0.4, -0.2) is 48.7 Å². The standard InChI is InChI=1S/C22H21N3O6/c1-5-31-22(28)16-11-23-19-15(8-6-12(2)24-19)18(16)25-17-10-13(20(26)29-3)7-9-14(17)21(27)30-4/h6-11H,5H2,1-4H3,(H,23,24,25). The second-order valence-electron chi connectivity index (χ2n) is 6.46. The zero-order chi connectivity index (χ0) is 22.5. The van der Waals surface area contributed by atoms with Crippen LogP contribution >= 0.6 is 0 Å². The maximum absolute atomic E-state index is 12.6. The van der Waals surface area contributed by atoms with Crippen molar-refractivity contribution < 1.29 is 28.6 Å². The number of fused-ring (bicyclic) bond motifs is 1. The molecule has 3 rings (SSSR count). The molecule has 0 amide bonds. The lowest BCUT2D eigenvalue weighted by molar-refractivity contribution is 0.0525. The van der Waals surface area contributed by atoms with Crippen molar-refractivity contribution in [1.82, 2.24) is 9.97 Å². The summed E-state index contributed by atoms with van der Waals surface area (Å²) in [6, 6.07) is 7.87. The number of nitrogens with one attached hydrogen (secondary N) is 1. The van der Waals surface area contributed by atoms with Crippen LogP contribution in [-0.2, 0) is 14.2 Å². The van der Waals surface area contributed by atoms with Gasteiger partial charge in [-0.3, -0.25) is 0 Å². The van der Waals surface area contributed by atoms with Crippen molar-refractivity contribution in [2.75, 3.05) is 26.1 Å². The van der Waals surface area contributed by atoms with Crippen LogP contribution < -0.4 is 5.32 Å². The van der Waals surface area contributed by atoms with Crippen molar-refractivity contribution in [3.63, 3.8) is 0 Å². The molecular weight excluding hydrogens is 402 g/mol. The summed E-state index contributed by atoms with van der Waals surface area (Å²) in [7, 11) is 2.51. The molecule has 0 bridgehead atoms. The molecule has 0 aliphatic rings. The van der Waals surface area contributed by atoms with Crippen molar-refractivity contribution in [2.45, 2.75) is 13.8 Å². The summed E-state index contributed by atoms with van der Waals surface area (Å²) in [6.07, 6.45) is 1.36. The first-order valence-electron chi connectivity index (χ1n) is 9.40. The minimum Gasteiger partial charge on any atom is -0.465 e. The van der Waals surface area contributed by atoms with Crippen molar-refractivity contribution in [1.29, 1.82) is 0 Å². The number of carbonyl (C=O) groups excluding carboxylic acids is 3. The second-order valence-corrected chi connectivity index (χ2v) is 6.46. The van der Waals surface area contributed by atoms with Gasteiger partial charge in [0.1, 0.15) is 5.56 Å². The van der Waals surface area contributed by atoms with Crippen LogP contribution in [0.1, 0.15) is 43.7 Å². The summed E-state index contributed by atoms with van der Waals surface area (Å²) < 4.78 is 14.8. The van der Waals surface area contributed by atoms with Gasteiger partial charge in [0, 0.05) is 17.3 Å². The lowest BCUT2D eigenvalue weighted by Gasteiger charge is -2.16. The fraction of sp³-hybridized carbons (Fsp3) is 0.227. The molecule has 31 heavy (non-hydrogen) atoms. The Labute approximate surface area is 178 Å². The Balaban J connectivity index is 2.23. The fourth-order valence-corrected chi connectivity index (χ4v) is 2.99. The Bertz CT molecular complexity index is 1180. The Morgan fingerprint density at radius 1 is 0.968 bits per heavy atom. The predicted octanol–water partition coefficient (Wildman–Crippen LogP) is 3.43. The van der Waals surface area contributed by atoms with Gasteiger partial charge in [0.15, 0.2) is 5.65 Å². The first kappa shape index (κ1) is 21.7. The van der Waals surface area contributed by atoms with Gasteiger partial charge in [-0.05, 0) is 44.2 Å². The lowest BCUT2D eigenvalue weighted by atomic mass is 10.1. The quantitative estimate of drug-likeness (QED) is 0.470. The van der Waals surface area contributed by atoms with E-state index >= 15 is 0 Å². The Morgan fingerprint density at radius 2 is 1.71 bits per heavy atom. The number of aryl methyl sites for hydroxylation is 1. The molecule has 2 heterocycles. The summed E-state index contributed by atoms with van der Waals surface area (Å²) in [4.78, 5) is 45.6. The Hall–Kier alpha value is -4.01. The number of nitrogens with zero attached hydrogens (tertiary/aromatic N) is 2. The third-order valence-corrected chi connectivity index (χ3v) is 4.47. The lowest BCUT2D eigenvalue weighted by Crippen LogP contribution is -2.12. The molecule has 1 aromatic carbocycles. The number of hydrogen-bond donors (Lipinski definition) is 1. The van der Waals surface area contributed by atoms with Gasteiger partial charge < -0.3 is 19.5 Å². The van der Waals surface area contributed by atoms with Gasteiger partial charge in [-0.25, -0.2) is 24.4 Å². The summed E-state index contributed by atoms with van der Waals surface area (Å²) >= 11 is 0. The van der Waals surface area contributed by atoms with Gasteiger partial charge in [0.2, 0.25) is 0 Å². The molecule has 0 aliphatic heterocycles. The number of benzene rings is 1. The van der Waals surface area contributed by atoms with E-state index in [-0.39, 0.29) is 29.0 Å². The molecule has 0 fully saturated rings. The van der Waals surface area contributed by atoms with Crippen molar-refractivity contribution in [2.24, 2.45) is 0 Å². The van der Waals surface area contributed by atoms with Gasteiger partial charge in [-0.2, -0.15) is 0 Å². The largest absolute Gasteiger partial charge is 0.465 e. The van der Waals surface area contributed by atoms with E-state index in [9.17, 15) is 14.4 Å². The molecule has 1 N–H and O–H groups in total. The highest BCUT2D eigenvalue weighted by Gasteiger charge is 2.21. The first-order valence-corrected chi connectivity index (χ1v) is 9.40. The van der Waals surface area contributed by atoms with Crippen molar-refractivity contribution in [3.05, 3.63) is 58.9 Å². The van der Waals surface area contributed by atoms with Gasteiger partial charge in [-0.15, -0.1) is 0 Å². The number of aromatic nitrogens is 2. The molecule has 160 valence electrons. The number of anilines is 2. The van der Waals surface area contributed by atoms with Gasteiger partial charge in [0.25, 0.3) is 0 Å². The Morgan fingerprint density at radius 3 is 2.39 bits per heavy atom. The van der Waals surface area contributed by atoms with Crippen LogP contribution in [0.5, 0.6) is 0 Å². The summed E-state index contributed by atoms with van der Waals surface area (Å²) in [6.45, 7) is 3.69. The number of carbonyl (C=O) groups is 3. The average molecular weight is 423 g/mol. The number of ether oxygens (including phenoxy) is 3. The number of methoxy groups -OCH3 is 2.